The van der Waals surface area contributed by atoms with Gasteiger partial charge in [0.2, 0.25) is 10.0 Å². The van der Waals surface area contributed by atoms with Crippen molar-refractivity contribution in [2.24, 2.45) is 11.1 Å². The molecule has 1 aromatic rings. The van der Waals surface area contributed by atoms with E-state index >= 15 is 0 Å². The zero-order chi connectivity index (χ0) is 15.6. The van der Waals surface area contributed by atoms with Crippen LogP contribution in [0.25, 0.3) is 0 Å². The van der Waals surface area contributed by atoms with Crippen LogP contribution < -0.4 is 5.73 Å². The van der Waals surface area contributed by atoms with E-state index in [0.717, 1.165) is 0 Å². The summed E-state index contributed by atoms with van der Waals surface area (Å²) in [6, 6.07) is 5.96. The molecule has 21 heavy (non-hydrogen) atoms. The molecular weight excluding hydrogens is 333 g/mol. The molecule has 2 N–H and O–H groups in total. The molecular formula is C13H19Cl2N3O2S. The molecule has 0 aliphatic rings. The highest BCUT2D eigenvalue weighted by molar-refractivity contribution is 7.89. The van der Waals surface area contributed by atoms with Gasteiger partial charge in [0, 0.05) is 13.6 Å². The molecule has 1 aromatic carbocycles. The molecule has 0 atom stereocenters. The lowest BCUT2D eigenvalue weighted by Gasteiger charge is -2.28. The summed E-state index contributed by atoms with van der Waals surface area (Å²) in [5.41, 5.74) is 5.43. The van der Waals surface area contributed by atoms with E-state index in [9.17, 15) is 8.42 Å². The number of sulfonamides is 1. The van der Waals surface area contributed by atoms with E-state index in [-0.39, 0.29) is 39.8 Å². The van der Waals surface area contributed by atoms with Crippen molar-refractivity contribution in [3.05, 3.63) is 28.8 Å². The van der Waals surface area contributed by atoms with Crippen molar-refractivity contribution in [1.82, 2.24) is 4.31 Å². The lowest BCUT2D eigenvalue weighted by Crippen LogP contribution is -2.39. The Kier molecular flexibility index (Phi) is 7.13. The highest BCUT2D eigenvalue weighted by Crippen LogP contribution is 2.24. The molecule has 5 nitrogen and oxygen atoms in total. The molecule has 0 aliphatic carbocycles. The monoisotopic (exact) mass is 351 g/mol. The highest BCUT2D eigenvalue weighted by atomic mass is 35.5. The summed E-state index contributed by atoms with van der Waals surface area (Å²) in [5, 5.41) is 9.15. The average molecular weight is 352 g/mol. The number of benzene rings is 1. The minimum atomic E-state index is -3.66. The fourth-order valence-electron chi connectivity index (χ4n) is 1.68. The van der Waals surface area contributed by atoms with E-state index in [1.807, 2.05) is 19.9 Å². The van der Waals surface area contributed by atoms with Crippen molar-refractivity contribution in [2.45, 2.75) is 18.7 Å². The second-order valence-corrected chi connectivity index (χ2v) is 7.83. The van der Waals surface area contributed by atoms with Crippen LogP contribution in [-0.4, -0.2) is 32.9 Å². The van der Waals surface area contributed by atoms with Crippen LogP contribution in [0.4, 0.5) is 0 Å². The Balaban J connectivity index is 0.00000400. The zero-order valence-corrected chi connectivity index (χ0v) is 14.5. The number of halogens is 2. The van der Waals surface area contributed by atoms with Crippen molar-refractivity contribution in [2.75, 3.05) is 20.1 Å². The number of nitriles is 1. The van der Waals surface area contributed by atoms with Gasteiger partial charge in [0.15, 0.2) is 0 Å². The molecule has 0 unspecified atom stereocenters. The topological polar surface area (TPSA) is 87.2 Å². The first kappa shape index (κ1) is 20.2. The lowest BCUT2D eigenvalue weighted by molar-refractivity contribution is 0.292. The van der Waals surface area contributed by atoms with E-state index in [1.54, 1.807) is 0 Å². The molecule has 0 aliphatic heterocycles. The molecule has 0 saturated heterocycles. The minimum absolute atomic E-state index is 0. The maximum absolute atomic E-state index is 12.4. The predicted octanol–water partition coefficient (Wildman–Crippen LogP) is 2.24. The van der Waals surface area contributed by atoms with Gasteiger partial charge in [-0.05, 0) is 30.2 Å². The van der Waals surface area contributed by atoms with Crippen LogP contribution in [0.1, 0.15) is 19.4 Å². The Hall–Kier alpha value is -0.840. The van der Waals surface area contributed by atoms with Gasteiger partial charge in [0.25, 0.3) is 0 Å². The van der Waals surface area contributed by atoms with Crippen LogP contribution >= 0.6 is 24.0 Å². The zero-order valence-electron chi connectivity index (χ0n) is 12.1. The number of hydrogen-bond acceptors (Lipinski definition) is 4. The Morgan fingerprint density at radius 2 is 2.00 bits per heavy atom. The summed E-state index contributed by atoms with van der Waals surface area (Å²) in [4.78, 5) is 0.0498. The number of nitrogens with zero attached hydrogens (tertiary/aromatic N) is 2. The molecule has 0 amide bonds. The van der Waals surface area contributed by atoms with Crippen molar-refractivity contribution in [3.63, 3.8) is 0 Å². The van der Waals surface area contributed by atoms with Crippen LogP contribution in [-0.2, 0) is 10.0 Å². The van der Waals surface area contributed by atoms with Crippen LogP contribution in [0, 0.1) is 16.7 Å². The van der Waals surface area contributed by atoms with Gasteiger partial charge in [-0.3, -0.25) is 0 Å². The molecule has 0 saturated carbocycles. The van der Waals surface area contributed by atoms with Gasteiger partial charge in [0.05, 0.1) is 15.5 Å². The molecule has 118 valence electrons. The minimum Gasteiger partial charge on any atom is -0.330 e. The summed E-state index contributed by atoms with van der Waals surface area (Å²) in [6.45, 7) is 4.44. The molecule has 0 bridgehead atoms. The molecule has 8 heteroatoms. The van der Waals surface area contributed by atoms with Gasteiger partial charge in [0.1, 0.15) is 6.07 Å². The van der Waals surface area contributed by atoms with E-state index in [2.05, 4.69) is 0 Å². The average Bonchev–Trinajstić information content (AvgIpc) is 2.38. The number of nitrogens with two attached hydrogens (primary N) is 1. The molecule has 0 fully saturated rings. The first-order valence-corrected chi connectivity index (χ1v) is 7.82. The fourth-order valence-corrected chi connectivity index (χ4v) is 3.23. The summed E-state index contributed by atoms with van der Waals surface area (Å²) in [5.74, 6) is 0. The van der Waals surface area contributed by atoms with Crippen molar-refractivity contribution in [3.8, 4) is 6.07 Å². The largest absolute Gasteiger partial charge is 0.330 e. The fraction of sp³-hybridized carbons (Fsp3) is 0.462. The summed E-state index contributed by atoms with van der Waals surface area (Å²) >= 11 is 5.81. The van der Waals surface area contributed by atoms with Crippen molar-refractivity contribution in [1.29, 1.82) is 5.26 Å². The van der Waals surface area contributed by atoms with Crippen molar-refractivity contribution < 1.29 is 8.42 Å². The smallest absolute Gasteiger partial charge is 0.242 e. The third kappa shape index (κ3) is 4.83. The SMILES string of the molecule is CN(CC(C)(C)CN)S(=O)(=O)c1ccc(Cl)c(C#N)c1.Cl. The Labute approximate surface area is 137 Å². The molecule has 0 spiro atoms. The second-order valence-electron chi connectivity index (χ2n) is 5.38. The Bertz CT molecular complexity index is 639. The Morgan fingerprint density at radius 1 is 1.43 bits per heavy atom. The van der Waals surface area contributed by atoms with E-state index in [0.29, 0.717) is 6.54 Å². The van der Waals surface area contributed by atoms with E-state index in [4.69, 9.17) is 22.6 Å². The van der Waals surface area contributed by atoms with Crippen LogP contribution in [0.3, 0.4) is 0 Å². The third-order valence-corrected chi connectivity index (χ3v) is 5.10. The van der Waals surface area contributed by atoms with Crippen LogP contribution in [0.2, 0.25) is 5.02 Å². The lowest BCUT2D eigenvalue weighted by atomic mass is 9.94. The molecule has 0 radical (unpaired) electrons. The second kappa shape index (κ2) is 7.43. The Morgan fingerprint density at radius 3 is 2.48 bits per heavy atom. The highest BCUT2D eigenvalue weighted by Gasteiger charge is 2.27. The molecule has 1 rings (SSSR count). The molecule has 0 heterocycles. The summed E-state index contributed by atoms with van der Waals surface area (Å²) in [6.07, 6.45) is 0. The maximum Gasteiger partial charge on any atom is 0.242 e. The number of hydrogen-bond donors (Lipinski definition) is 1. The van der Waals surface area contributed by atoms with Crippen LogP contribution in [0.5, 0.6) is 0 Å². The van der Waals surface area contributed by atoms with E-state index in [1.165, 1.54) is 29.6 Å². The predicted molar refractivity (Wildman–Crippen MR) is 86.1 cm³/mol. The van der Waals surface area contributed by atoms with Gasteiger partial charge in [-0.1, -0.05) is 25.4 Å². The first-order valence-electron chi connectivity index (χ1n) is 6.00. The number of rotatable bonds is 5. The first-order chi connectivity index (χ1) is 9.14. The van der Waals surface area contributed by atoms with Crippen LogP contribution in [0.15, 0.2) is 23.1 Å². The van der Waals surface area contributed by atoms with Gasteiger partial charge >= 0.3 is 0 Å². The summed E-state index contributed by atoms with van der Waals surface area (Å²) in [7, 11) is -2.17. The summed E-state index contributed by atoms with van der Waals surface area (Å²) < 4.78 is 26.1. The normalized spacial score (nSPS) is 11.9. The maximum atomic E-state index is 12.4. The van der Waals surface area contributed by atoms with Gasteiger partial charge in [-0.15, -0.1) is 12.4 Å². The standard InChI is InChI=1S/C13H18ClN3O2S.ClH/c1-13(2,8-16)9-17(3)20(18,19)11-4-5-12(14)10(6-11)7-15;/h4-6H,8-9,16H2,1-3H3;1H. The van der Waals surface area contributed by atoms with Gasteiger partial charge in [-0.25, -0.2) is 12.7 Å². The van der Waals surface area contributed by atoms with Gasteiger partial charge in [-0.2, -0.15) is 5.26 Å². The third-order valence-electron chi connectivity index (χ3n) is 2.97. The van der Waals surface area contributed by atoms with Crippen molar-refractivity contribution >= 4 is 34.0 Å². The van der Waals surface area contributed by atoms with E-state index < -0.39 is 10.0 Å². The molecule has 0 aromatic heterocycles. The quantitative estimate of drug-likeness (QED) is 0.880. The van der Waals surface area contributed by atoms with Gasteiger partial charge < -0.3 is 5.73 Å².